The van der Waals surface area contributed by atoms with Gasteiger partial charge in [0.05, 0.1) is 11.6 Å². The van der Waals surface area contributed by atoms with Gasteiger partial charge in [0.1, 0.15) is 0 Å². The number of nitrogens with one attached hydrogen (secondary N) is 1. The molecule has 1 aliphatic carbocycles. The summed E-state index contributed by atoms with van der Waals surface area (Å²) in [6.45, 7) is 4.62. The molecule has 1 aliphatic heterocycles. The first-order chi connectivity index (χ1) is 9.26. The molecule has 2 atom stereocenters. The minimum atomic E-state index is 0.317. The first kappa shape index (κ1) is 12.7. The second kappa shape index (κ2) is 5.32. The summed E-state index contributed by atoms with van der Waals surface area (Å²) in [4.78, 5) is 2.62. The van der Waals surface area contributed by atoms with Crippen LogP contribution in [0.5, 0.6) is 0 Å². The summed E-state index contributed by atoms with van der Waals surface area (Å²) in [5, 5.41) is 12.7. The van der Waals surface area contributed by atoms with E-state index in [1.807, 2.05) is 18.2 Å². The second-order valence-electron chi connectivity index (χ2n) is 5.84. The lowest BCUT2D eigenvalue weighted by atomic mass is 10.0. The van der Waals surface area contributed by atoms with Crippen LogP contribution in [0, 0.1) is 11.3 Å². The lowest BCUT2D eigenvalue weighted by Gasteiger charge is -2.21. The van der Waals surface area contributed by atoms with Crippen molar-refractivity contribution in [2.24, 2.45) is 0 Å². The summed E-state index contributed by atoms with van der Waals surface area (Å²) in [5.41, 5.74) is 1.96. The van der Waals surface area contributed by atoms with E-state index in [1.54, 1.807) is 0 Å². The summed E-state index contributed by atoms with van der Waals surface area (Å²) < 4.78 is 0. The van der Waals surface area contributed by atoms with Crippen molar-refractivity contribution in [3.8, 4) is 6.07 Å². The predicted molar refractivity (Wildman–Crippen MR) is 75.7 cm³/mol. The van der Waals surface area contributed by atoms with Crippen LogP contribution in [0.25, 0.3) is 0 Å². The van der Waals surface area contributed by atoms with Crippen LogP contribution in [0.3, 0.4) is 0 Å². The molecule has 0 aromatic heterocycles. The molecule has 3 heteroatoms. The van der Waals surface area contributed by atoms with E-state index < -0.39 is 0 Å². The van der Waals surface area contributed by atoms with Crippen LogP contribution in [0.15, 0.2) is 24.3 Å². The maximum atomic E-state index is 8.95. The van der Waals surface area contributed by atoms with E-state index in [-0.39, 0.29) is 0 Å². The van der Waals surface area contributed by atoms with E-state index in [1.165, 1.54) is 37.9 Å². The monoisotopic (exact) mass is 255 g/mol. The molecule has 0 spiro atoms. The van der Waals surface area contributed by atoms with Crippen molar-refractivity contribution in [2.75, 3.05) is 13.1 Å². The summed E-state index contributed by atoms with van der Waals surface area (Å²) in [7, 11) is 0. The highest BCUT2D eigenvalue weighted by atomic mass is 15.2. The molecule has 0 radical (unpaired) electrons. The number of likely N-dealkylation sites (tertiary alicyclic amines) is 1. The van der Waals surface area contributed by atoms with Crippen LogP contribution >= 0.6 is 0 Å². The molecule has 0 bridgehead atoms. The SMILES string of the molecule is CC(NC1CCN(C2CC2)C1)c1cccc(C#N)c1. The Labute approximate surface area is 115 Å². The fourth-order valence-electron chi connectivity index (χ4n) is 3.02. The maximum Gasteiger partial charge on any atom is 0.0991 e. The average molecular weight is 255 g/mol. The Balaban J connectivity index is 1.58. The van der Waals surface area contributed by atoms with Crippen LogP contribution in [-0.2, 0) is 0 Å². The highest BCUT2D eigenvalue weighted by molar-refractivity contribution is 5.34. The molecule has 3 rings (SSSR count). The molecule has 2 aliphatic rings. The van der Waals surface area contributed by atoms with Gasteiger partial charge in [0.25, 0.3) is 0 Å². The third kappa shape index (κ3) is 2.97. The average Bonchev–Trinajstić information content (AvgIpc) is 3.19. The van der Waals surface area contributed by atoms with E-state index in [0.717, 1.165) is 11.6 Å². The van der Waals surface area contributed by atoms with Crippen LogP contribution in [0.4, 0.5) is 0 Å². The Morgan fingerprint density at radius 2 is 2.21 bits per heavy atom. The lowest BCUT2D eigenvalue weighted by Crippen LogP contribution is -2.34. The van der Waals surface area contributed by atoms with Crippen molar-refractivity contribution >= 4 is 0 Å². The van der Waals surface area contributed by atoms with Crippen LogP contribution in [-0.4, -0.2) is 30.1 Å². The summed E-state index contributed by atoms with van der Waals surface area (Å²) in [6, 6.07) is 11.9. The third-order valence-corrected chi connectivity index (χ3v) is 4.28. The molecule has 1 aromatic carbocycles. The van der Waals surface area contributed by atoms with Gasteiger partial charge in [-0.15, -0.1) is 0 Å². The summed E-state index contributed by atoms with van der Waals surface area (Å²) in [6.07, 6.45) is 4.04. The fraction of sp³-hybridized carbons (Fsp3) is 0.562. The molecule has 1 N–H and O–H groups in total. The summed E-state index contributed by atoms with van der Waals surface area (Å²) >= 11 is 0. The van der Waals surface area contributed by atoms with Crippen molar-refractivity contribution in [3.63, 3.8) is 0 Å². The Morgan fingerprint density at radius 3 is 2.95 bits per heavy atom. The largest absolute Gasteiger partial charge is 0.306 e. The first-order valence-corrected chi connectivity index (χ1v) is 7.26. The Bertz CT molecular complexity index is 487. The van der Waals surface area contributed by atoms with Crippen LogP contribution in [0.1, 0.15) is 43.4 Å². The molecule has 2 unspecified atom stereocenters. The van der Waals surface area contributed by atoms with Crippen molar-refractivity contribution in [2.45, 2.75) is 44.3 Å². The lowest BCUT2D eigenvalue weighted by molar-refractivity contribution is 0.313. The van der Waals surface area contributed by atoms with Gasteiger partial charge in [-0.25, -0.2) is 0 Å². The van der Waals surface area contributed by atoms with Gasteiger partial charge in [0.2, 0.25) is 0 Å². The first-order valence-electron chi connectivity index (χ1n) is 7.26. The Morgan fingerprint density at radius 1 is 1.37 bits per heavy atom. The van der Waals surface area contributed by atoms with E-state index in [2.05, 4.69) is 29.3 Å². The highest BCUT2D eigenvalue weighted by Crippen LogP contribution is 2.30. The molecule has 1 saturated heterocycles. The molecule has 1 aromatic rings. The quantitative estimate of drug-likeness (QED) is 0.898. The summed E-state index contributed by atoms with van der Waals surface area (Å²) in [5.74, 6) is 0. The number of nitrogens with zero attached hydrogens (tertiary/aromatic N) is 2. The van der Waals surface area contributed by atoms with E-state index in [0.29, 0.717) is 12.1 Å². The highest BCUT2D eigenvalue weighted by Gasteiger charge is 2.34. The van der Waals surface area contributed by atoms with Crippen molar-refractivity contribution in [1.82, 2.24) is 10.2 Å². The molecule has 0 amide bonds. The Kier molecular flexibility index (Phi) is 3.54. The fourth-order valence-corrected chi connectivity index (χ4v) is 3.02. The number of benzene rings is 1. The molecule has 100 valence electrons. The van der Waals surface area contributed by atoms with Gasteiger partial charge >= 0.3 is 0 Å². The van der Waals surface area contributed by atoms with Gasteiger partial charge in [0.15, 0.2) is 0 Å². The molecule has 2 fully saturated rings. The smallest absolute Gasteiger partial charge is 0.0991 e. The second-order valence-corrected chi connectivity index (χ2v) is 5.84. The zero-order valence-corrected chi connectivity index (χ0v) is 11.5. The molecular weight excluding hydrogens is 234 g/mol. The predicted octanol–water partition coefficient (Wildman–Crippen LogP) is 2.45. The molecule has 1 saturated carbocycles. The van der Waals surface area contributed by atoms with Crippen molar-refractivity contribution in [1.29, 1.82) is 5.26 Å². The molecule has 19 heavy (non-hydrogen) atoms. The van der Waals surface area contributed by atoms with Gasteiger partial charge in [-0.05, 0) is 43.9 Å². The molecular formula is C16H21N3. The van der Waals surface area contributed by atoms with Gasteiger partial charge < -0.3 is 5.32 Å². The van der Waals surface area contributed by atoms with Crippen LogP contribution in [0.2, 0.25) is 0 Å². The van der Waals surface area contributed by atoms with E-state index in [4.69, 9.17) is 5.26 Å². The zero-order chi connectivity index (χ0) is 13.2. The van der Waals surface area contributed by atoms with Crippen molar-refractivity contribution in [3.05, 3.63) is 35.4 Å². The minimum absolute atomic E-state index is 0.317. The normalized spacial score (nSPS) is 25.2. The zero-order valence-electron chi connectivity index (χ0n) is 11.5. The number of hydrogen-bond donors (Lipinski definition) is 1. The Hall–Kier alpha value is -1.37. The number of nitriles is 1. The minimum Gasteiger partial charge on any atom is -0.306 e. The van der Waals surface area contributed by atoms with Gasteiger partial charge in [-0.1, -0.05) is 12.1 Å². The number of rotatable bonds is 4. The molecule has 3 nitrogen and oxygen atoms in total. The van der Waals surface area contributed by atoms with Gasteiger partial charge in [-0.3, -0.25) is 4.90 Å². The van der Waals surface area contributed by atoms with Gasteiger partial charge in [-0.2, -0.15) is 5.26 Å². The van der Waals surface area contributed by atoms with E-state index >= 15 is 0 Å². The van der Waals surface area contributed by atoms with E-state index in [9.17, 15) is 0 Å². The standard InChI is InChI=1S/C16H21N3/c1-12(14-4-2-3-13(9-14)10-17)18-15-7-8-19(11-15)16-5-6-16/h2-4,9,12,15-16,18H,5-8,11H2,1H3. The maximum absolute atomic E-state index is 8.95. The van der Waals surface area contributed by atoms with Crippen LogP contribution < -0.4 is 5.32 Å². The van der Waals surface area contributed by atoms with Crippen molar-refractivity contribution < 1.29 is 0 Å². The topological polar surface area (TPSA) is 39.1 Å². The van der Waals surface area contributed by atoms with Gasteiger partial charge in [0, 0.05) is 31.2 Å². The molecule has 1 heterocycles. The third-order valence-electron chi connectivity index (χ3n) is 4.28. The number of hydrogen-bond acceptors (Lipinski definition) is 3.